The normalized spacial score (nSPS) is 10.1. The third-order valence-corrected chi connectivity index (χ3v) is 3.56. The zero-order chi connectivity index (χ0) is 19.2. The summed E-state index contributed by atoms with van der Waals surface area (Å²) in [7, 11) is 0. The average Bonchev–Trinajstić information content (AvgIpc) is 3.18. The summed E-state index contributed by atoms with van der Waals surface area (Å²) in [6, 6.07) is 15.5. The Morgan fingerprint density at radius 2 is 1.22 bits per heavy atom. The highest BCUT2D eigenvalue weighted by Crippen LogP contribution is 2.16. The number of nitrogens with one attached hydrogen (secondary N) is 3. The van der Waals surface area contributed by atoms with E-state index in [1.807, 2.05) is 0 Å². The molecule has 0 aliphatic heterocycles. The van der Waals surface area contributed by atoms with Gasteiger partial charge in [0.05, 0.1) is 6.26 Å². The van der Waals surface area contributed by atoms with E-state index in [0.29, 0.717) is 22.6 Å². The second-order valence-corrected chi connectivity index (χ2v) is 5.53. The maximum absolute atomic E-state index is 12.3. The van der Waals surface area contributed by atoms with E-state index in [1.165, 1.54) is 6.26 Å². The van der Waals surface area contributed by atoms with Crippen LogP contribution in [0.2, 0.25) is 0 Å². The van der Waals surface area contributed by atoms with Gasteiger partial charge in [-0.15, -0.1) is 0 Å². The minimum absolute atomic E-state index is 0.210. The molecule has 0 aliphatic carbocycles. The second-order valence-electron chi connectivity index (χ2n) is 5.53. The van der Waals surface area contributed by atoms with E-state index in [-0.39, 0.29) is 17.6 Å². The third-order valence-electron chi connectivity index (χ3n) is 3.56. The Hall–Kier alpha value is -4.07. The average molecular weight is 364 g/mol. The van der Waals surface area contributed by atoms with Crippen LogP contribution in [0.1, 0.15) is 20.9 Å². The molecule has 8 heteroatoms. The molecule has 0 saturated heterocycles. The van der Waals surface area contributed by atoms with E-state index in [9.17, 15) is 14.4 Å². The molecule has 0 fully saturated rings. The van der Waals surface area contributed by atoms with Crippen LogP contribution in [0.4, 0.5) is 21.9 Å². The topological polar surface area (TPSA) is 126 Å². The number of carbonyl (C=O) groups is 3. The van der Waals surface area contributed by atoms with Gasteiger partial charge < -0.3 is 26.1 Å². The molecule has 136 valence electrons. The first-order chi connectivity index (χ1) is 13.0. The highest BCUT2D eigenvalue weighted by molar-refractivity contribution is 6.05. The van der Waals surface area contributed by atoms with Gasteiger partial charge in [0, 0.05) is 22.6 Å². The number of carbonyl (C=O) groups excluding carboxylic acids is 3. The number of urea groups is 1. The quantitative estimate of drug-likeness (QED) is 0.554. The number of anilines is 3. The molecule has 0 aliphatic rings. The lowest BCUT2D eigenvalue weighted by atomic mass is 10.2. The van der Waals surface area contributed by atoms with Crippen molar-refractivity contribution in [1.82, 2.24) is 0 Å². The van der Waals surface area contributed by atoms with Crippen LogP contribution in [0.15, 0.2) is 71.3 Å². The molecule has 3 rings (SSSR count). The van der Waals surface area contributed by atoms with Crippen molar-refractivity contribution in [3.05, 3.63) is 78.3 Å². The van der Waals surface area contributed by atoms with E-state index in [4.69, 9.17) is 10.2 Å². The molecular formula is C19H16N4O4. The number of hydrogen-bond acceptors (Lipinski definition) is 4. The van der Waals surface area contributed by atoms with Crippen LogP contribution in [-0.2, 0) is 0 Å². The van der Waals surface area contributed by atoms with Crippen LogP contribution in [0.25, 0.3) is 0 Å². The van der Waals surface area contributed by atoms with Crippen LogP contribution in [-0.4, -0.2) is 17.8 Å². The van der Waals surface area contributed by atoms with Crippen molar-refractivity contribution < 1.29 is 18.8 Å². The van der Waals surface area contributed by atoms with E-state index >= 15 is 0 Å². The van der Waals surface area contributed by atoms with Gasteiger partial charge in [-0.1, -0.05) is 0 Å². The molecule has 8 nitrogen and oxygen atoms in total. The smallest absolute Gasteiger partial charge is 0.316 e. The van der Waals surface area contributed by atoms with Crippen LogP contribution in [0.5, 0.6) is 0 Å². The first-order valence-corrected chi connectivity index (χ1v) is 7.94. The first-order valence-electron chi connectivity index (χ1n) is 7.94. The molecule has 0 unspecified atom stereocenters. The SMILES string of the molecule is NC(=O)Nc1ccc(C(=O)Nc2ccc(NC(=O)c3ccco3)cc2)cc1. The van der Waals surface area contributed by atoms with E-state index in [2.05, 4.69) is 16.0 Å². The summed E-state index contributed by atoms with van der Waals surface area (Å²) < 4.78 is 5.02. The Labute approximate surface area is 154 Å². The zero-order valence-electron chi connectivity index (χ0n) is 14.1. The van der Waals surface area contributed by atoms with Crippen LogP contribution in [0, 0.1) is 0 Å². The molecule has 0 radical (unpaired) electrons. The highest BCUT2D eigenvalue weighted by Gasteiger charge is 2.09. The minimum atomic E-state index is -0.675. The summed E-state index contributed by atoms with van der Waals surface area (Å²) in [5.74, 6) is -0.462. The summed E-state index contributed by atoms with van der Waals surface area (Å²) in [6.45, 7) is 0. The fourth-order valence-electron chi connectivity index (χ4n) is 2.29. The zero-order valence-corrected chi connectivity index (χ0v) is 14.1. The summed E-state index contributed by atoms with van der Waals surface area (Å²) in [4.78, 5) is 35.0. The number of benzene rings is 2. The van der Waals surface area contributed by atoms with Gasteiger partial charge in [-0.05, 0) is 60.7 Å². The first kappa shape index (κ1) is 17.7. The van der Waals surface area contributed by atoms with Crippen molar-refractivity contribution in [2.24, 2.45) is 5.73 Å². The van der Waals surface area contributed by atoms with Gasteiger partial charge in [0.2, 0.25) is 0 Å². The Morgan fingerprint density at radius 1 is 0.704 bits per heavy atom. The molecular weight excluding hydrogens is 348 g/mol. The molecule has 0 atom stereocenters. The summed E-state index contributed by atoms with van der Waals surface area (Å²) >= 11 is 0. The molecule has 3 aromatic rings. The van der Waals surface area contributed by atoms with Crippen molar-refractivity contribution >= 4 is 34.9 Å². The lowest BCUT2D eigenvalue weighted by Gasteiger charge is -2.08. The number of furan rings is 1. The predicted molar refractivity (Wildman–Crippen MR) is 101 cm³/mol. The van der Waals surface area contributed by atoms with Crippen molar-refractivity contribution in [2.45, 2.75) is 0 Å². The van der Waals surface area contributed by atoms with Gasteiger partial charge >= 0.3 is 6.03 Å². The Bertz CT molecular complexity index is 948. The van der Waals surface area contributed by atoms with Crippen LogP contribution >= 0.6 is 0 Å². The fraction of sp³-hybridized carbons (Fsp3) is 0. The van der Waals surface area contributed by atoms with Crippen molar-refractivity contribution in [3.63, 3.8) is 0 Å². The molecule has 2 aromatic carbocycles. The number of hydrogen-bond donors (Lipinski definition) is 4. The molecule has 5 N–H and O–H groups in total. The summed E-state index contributed by atoms with van der Waals surface area (Å²) in [5, 5.41) is 7.85. The number of nitrogens with two attached hydrogens (primary N) is 1. The van der Waals surface area contributed by atoms with E-state index in [1.54, 1.807) is 60.7 Å². The maximum atomic E-state index is 12.3. The second kappa shape index (κ2) is 7.87. The molecule has 0 bridgehead atoms. The van der Waals surface area contributed by atoms with Gasteiger partial charge in [0.1, 0.15) is 0 Å². The van der Waals surface area contributed by atoms with Crippen molar-refractivity contribution in [1.29, 1.82) is 0 Å². The predicted octanol–water partition coefficient (Wildman–Crippen LogP) is 3.27. The van der Waals surface area contributed by atoms with Crippen molar-refractivity contribution in [3.8, 4) is 0 Å². The van der Waals surface area contributed by atoms with Gasteiger partial charge in [0.25, 0.3) is 11.8 Å². The minimum Gasteiger partial charge on any atom is -0.459 e. The Morgan fingerprint density at radius 3 is 1.74 bits per heavy atom. The lowest BCUT2D eigenvalue weighted by Crippen LogP contribution is -2.19. The van der Waals surface area contributed by atoms with Crippen molar-refractivity contribution in [2.75, 3.05) is 16.0 Å². The molecule has 4 amide bonds. The molecule has 1 aromatic heterocycles. The van der Waals surface area contributed by atoms with Crippen LogP contribution in [0.3, 0.4) is 0 Å². The Balaban J connectivity index is 1.59. The van der Waals surface area contributed by atoms with Gasteiger partial charge in [-0.25, -0.2) is 4.79 Å². The number of rotatable bonds is 5. The van der Waals surface area contributed by atoms with E-state index in [0.717, 1.165) is 0 Å². The monoisotopic (exact) mass is 364 g/mol. The fourth-order valence-corrected chi connectivity index (χ4v) is 2.29. The maximum Gasteiger partial charge on any atom is 0.316 e. The van der Waals surface area contributed by atoms with Gasteiger partial charge in [-0.2, -0.15) is 0 Å². The van der Waals surface area contributed by atoms with Gasteiger partial charge in [0.15, 0.2) is 5.76 Å². The number of amides is 4. The standard InChI is InChI=1S/C19H16N4O4/c20-19(26)23-15-5-3-12(4-6-15)17(24)21-13-7-9-14(10-8-13)22-18(25)16-2-1-11-27-16/h1-11H,(H,21,24)(H,22,25)(H3,20,23,26). The molecule has 1 heterocycles. The molecule has 0 spiro atoms. The van der Waals surface area contributed by atoms with Crippen LogP contribution < -0.4 is 21.7 Å². The lowest BCUT2D eigenvalue weighted by molar-refractivity contribution is 0.0994. The van der Waals surface area contributed by atoms with E-state index < -0.39 is 6.03 Å². The third kappa shape index (κ3) is 4.73. The summed E-state index contributed by atoms with van der Waals surface area (Å²) in [6.07, 6.45) is 1.42. The highest BCUT2D eigenvalue weighted by atomic mass is 16.3. The molecule has 27 heavy (non-hydrogen) atoms. The van der Waals surface area contributed by atoms with Gasteiger partial charge in [-0.3, -0.25) is 9.59 Å². The largest absolute Gasteiger partial charge is 0.459 e. The number of primary amides is 1. The molecule has 0 saturated carbocycles. The summed E-state index contributed by atoms with van der Waals surface area (Å²) in [5.41, 5.74) is 7.08. The Kier molecular flexibility index (Phi) is 5.17.